The molecule has 0 aliphatic carbocycles. The second kappa shape index (κ2) is 6.33. The second-order valence-electron chi connectivity index (χ2n) is 5.26. The smallest absolute Gasteiger partial charge is 0.179 e. The molecule has 2 aromatic carbocycles. The molecule has 0 fully saturated rings. The van der Waals surface area contributed by atoms with Gasteiger partial charge in [-0.2, -0.15) is 0 Å². The van der Waals surface area contributed by atoms with Gasteiger partial charge in [-0.05, 0) is 42.3 Å². The third-order valence-corrected chi connectivity index (χ3v) is 5.51. The Balaban J connectivity index is 2.54. The van der Waals surface area contributed by atoms with Gasteiger partial charge in [0, 0.05) is 12.5 Å². The maximum atomic E-state index is 12.0. The summed E-state index contributed by atoms with van der Waals surface area (Å²) in [7, 11) is -7.15. The van der Waals surface area contributed by atoms with E-state index in [0.717, 1.165) is 30.6 Å². The molecule has 7 heteroatoms. The first-order valence-electron chi connectivity index (χ1n) is 6.92. The summed E-state index contributed by atoms with van der Waals surface area (Å²) in [6.45, 7) is 2.00. The Kier molecular flexibility index (Phi) is 4.81. The molecule has 0 atom stereocenters. The average Bonchev–Trinajstić information content (AvgIpc) is 2.45. The Hall–Kier alpha value is -1.86. The van der Waals surface area contributed by atoms with E-state index in [-0.39, 0.29) is 15.5 Å². The van der Waals surface area contributed by atoms with Gasteiger partial charge in [0.1, 0.15) is 16.4 Å². The van der Waals surface area contributed by atoms with Crippen molar-refractivity contribution < 1.29 is 21.6 Å². The molecule has 2 rings (SSSR count). The van der Waals surface area contributed by atoms with Crippen molar-refractivity contribution in [2.24, 2.45) is 0 Å². The van der Waals surface area contributed by atoms with Crippen LogP contribution in [0.3, 0.4) is 0 Å². The van der Waals surface area contributed by atoms with Crippen molar-refractivity contribution in [1.29, 1.82) is 0 Å². The van der Waals surface area contributed by atoms with Crippen molar-refractivity contribution in [3.05, 3.63) is 48.0 Å². The molecule has 0 N–H and O–H groups in total. The lowest BCUT2D eigenvalue weighted by Crippen LogP contribution is -2.04. The zero-order valence-corrected chi connectivity index (χ0v) is 14.7. The monoisotopic (exact) mass is 354 g/mol. The third-order valence-electron chi connectivity index (χ3n) is 3.28. The van der Waals surface area contributed by atoms with E-state index in [2.05, 4.69) is 0 Å². The van der Waals surface area contributed by atoms with Crippen molar-refractivity contribution in [1.82, 2.24) is 0 Å². The second-order valence-corrected chi connectivity index (χ2v) is 9.26. The van der Waals surface area contributed by atoms with Crippen LogP contribution in [0, 0.1) is 0 Å². The highest BCUT2D eigenvalue weighted by molar-refractivity contribution is 7.91. The summed E-state index contributed by atoms with van der Waals surface area (Å²) in [5.41, 5.74) is 1.05. The van der Waals surface area contributed by atoms with Gasteiger partial charge in [0.25, 0.3) is 0 Å². The lowest BCUT2D eigenvalue weighted by Gasteiger charge is -2.12. The summed E-state index contributed by atoms with van der Waals surface area (Å²) in [6.07, 6.45) is 2.87. The SMILES string of the molecule is CCc1cccc(Oc2ccc(S(C)(=O)=O)cc2S(C)(=O)=O)c1. The molecule has 2 aromatic rings. The number of benzene rings is 2. The molecule has 0 heterocycles. The molecular weight excluding hydrogens is 336 g/mol. The van der Waals surface area contributed by atoms with E-state index in [1.165, 1.54) is 12.1 Å². The van der Waals surface area contributed by atoms with Gasteiger partial charge in [0.2, 0.25) is 0 Å². The van der Waals surface area contributed by atoms with Gasteiger partial charge in [-0.3, -0.25) is 0 Å². The lowest BCUT2D eigenvalue weighted by atomic mass is 10.2. The molecule has 5 nitrogen and oxygen atoms in total. The first-order chi connectivity index (χ1) is 10.6. The molecule has 0 aliphatic rings. The van der Waals surface area contributed by atoms with Crippen molar-refractivity contribution in [3.8, 4) is 11.5 Å². The lowest BCUT2D eigenvalue weighted by molar-refractivity contribution is 0.466. The maximum Gasteiger partial charge on any atom is 0.179 e. The number of aryl methyl sites for hydroxylation is 1. The van der Waals surface area contributed by atoms with E-state index in [1.54, 1.807) is 6.07 Å². The molecule has 124 valence electrons. The van der Waals surface area contributed by atoms with Crippen molar-refractivity contribution in [2.75, 3.05) is 12.5 Å². The number of sulfone groups is 2. The molecule has 0 saturated carbocycles. The van der Waals surface area contributed by atoms with Crippen LogP contribution in [-0.2, 0) is 26.1 Å². The fourth-order valence-corrected chi connectivity index (χ4v) is 3.59. The van der Waals surface area contributed by atoms with Crippen LogP contribution in [0.25, 0.3) is 0 Å². The predicted molar refractivity (Wildman–Crippen MR) is 88.6 cm³/mol. The Bertz CT molecular complexity index is 929. The fourth-order valence-electron chi connectivity index (χ4n) is 2.05. The van der Waals surface area contributed by atoms with Crippen LogP contribution in [0.15, 0.2) is 52.3 Å². The zero-order valence-electron chi connectivity index (χ0n) is 13.1. The van der Waals surface area contributed by atoms with E-state index in [4.69, 9.17) is 4.74 Å². The van der Waals surface area contributed by atoms with Crippen molar-refractivity contribution in [3.63, 3.8) is 0 Å². The molecule has 0 saturated heterocycles. The summed E-state index contributed by atoms with van der Waals surface area (Å²) in [5, 5.41) is 0. The minimum Gasteiger partial charge on any atom is -0.456 e. The molecular formula is C16H18O5S2. The third kappa shape index (κ3) is 4.33. The van der Waals surface area contributed by atoms with Crippen LogP contribution in [-0.4, -0.2) is 29.3 Å². The van der Waals surface area contributed by atoms with Crippen molar-refractivity contribution >= 4 is 19.7 Å². The molecule has 0 aromatic heterocycles. The highest BCUT2D eigenvalue weighted by Gasteiger charge is 2.19. The molecule has 0 aliphatic heterocycles. The van der Waals surface area contributed by atoms with Gasteiger partial charge in [0.05, 0.1) is 4.90 Å². The molecule has 0 radical (unpaired) electrons. The molecule has 0 bridgehead atoms. The maximum absolute atomic E-state index is 12.0. The zero-order chi connectivity index (χ0) is 17.3. The summed E-state index contributed by atoms with van der Waals surface area (Å²) in [4.78, 5) is -0.213. The Labute approximate surface area is 136 Å². The largest absolute Gasteiger partial charge is 0.456 e. The van der Waals surface area contributed by atoms with Crippen LogP contribution in [0.1, 0.15) is 12.5 Å². The summed E-state index contributed by atoms with van der Waals surface area (Å²) < 4.78 is 52.9. The quantitative estimate of drug-likeness (QED) is 0.825. The topological polar surface area (TPSA) is 77.5 Å². The van der Waals surface area contributed by atoms with Gasteiger partial charge >= 0.3 is 0 Å². The van der Waals surface area contributed by atoms with Crippen LogP contribution in [0.5, 0.6) is 11.5 Å². The fraction of sp³-hybridized carbons (Fsp3) is 0.250. The van der Waals surface area contributed by atoms with Crippen LogP contribution < -0.4 is 4.74 Å². The van der Waals surface area contributed by atoms with E-state index in [9.17, 15) is 16.8 Å². The summed E-state index contributed by atoms with van der Waals surface area (Å²) >= 11 is 0. The standard InChI is InChI=1S/C16H18O5S2/c1-4-12-6-5-7-13(10-12)21-15-9-8-14(22(2,17)18)11-16(15)23(3,19)20/h5-11H,4H2,1-3H3. The summed E-state index contributed by atoms with van der Waals surface area (Å²) in [5.74, 6) is 0.606. The molecule has 23 heavy (non-hydrogen) atoms. The van der Waals surface area contributed by atoms with Crippen molar-refractivity contribution in [2.45, 2.75) is 23.1 Å². The van der Waals surface area contributed by atoms with Crippen LogP contribution in [0.2, 0.25) is 0 Å². The predicted octanol–water partition coefficient (Wildman–Crippen LogP) is 2.85. The van der Waals surface area contributed by atoms with Gasteiger partial charge in [-0.25, -0.2) is 16.8 Å². The number of ether oxygens (including phenoxy) is 1. The minimum absolute atomic E-state index is 0.0624. The van der Waals surface area contributed by atoms with Crippen LogP contribution in [0.4, 0.5) is 0 Å². The van der Waals surface area contributed by atoms with Gasteiger partial charge in [-0.1, -0.05) is 19.1 Å². The van der Waals surface area contributed by atoms with E-state index < -0.39 is 19.7 Å². The van der Waals surface area contributed by atoms with Gasteiger partial charge in [0.15, 0.2) is 19.7 Å². The van der Waals surface area contributed by atoms with E-state index >= 15 is 0 Å². The highest BCUT2D eigenvalue weighted by atomic mass is 32.2. The number of hydrogen-bond donors (Lipinski definition) is 0. The molecule has 0 spiro atoms. The summed E-state index contributed by atoms with van der Waals surface area (Å²) in [6, 6.07) is 11.1. The Morgan fingerprint density at radius 1 is 0.913 bits per heavy atom. The van der Waals surface area contributed by atoms with E-state index in [1.807, 2.05) is 25.1 Å². The average molecular weight is 354 g/mol. The first kappa shape index (κ1) is 17.5. The molecule has 0 unspecified atom stereocenters. The first-order valence-corrected chi connectivity index (χ1v) is 10.7. The number of rotatable bonds is 5. The Morgan fingerprint density at radius 2 is 1.61 bits per heavy atom. The van der Waals surface area contributed by atoms with E-state index in [0.29, 0.717) is 5.75 Å². The normalized spacial score (nSPS) is 12.1. The van der Waals surface area contributed by atoms with Gasteiger partial charge in [-0.15, -0.1) is 0 Å². The highest BCUT2D eigenvalue weighted by Crippen LogP contribution is 2.31. The number of hydrogen-bond acceptors (Lipinski definition) is 5. The van der Waals surface area contributed by atoms with Gasteiger partial charge < -0.3 is 4.74 Å². The Morgan fingerprint density at radius 3 is 2.17 bits per heavy atom. The molecule has 0 amide bonds. The van der Waals surface area contributed by atoms with Crippen LogP contribution >= 0.6 is 0 Å². The minimum atomic E-state index is -3.64.